The first kappa shape index (κ1) is 30.7. The molecule has 3 aliphatic heterocycles. The molecule has 242 valence electrons. The molecule has 2 aromatic heterocycles. The molecule has 10 nitrogen and oxygen atoms in total. The number of nitrogens with zero attached hydrogens (tertiary/aromatic N) is 7. The van der Waals surface area contributed by atoms with E-state index in [-0.39, 0.29) is 71.6 Å². The average Bonchev–Trinajstić information content (AvgIpc) is 3.58. The van der Waals surface area contributed by atoms with Crippen LogP contribution >= 0.6 is 0 Å². The monoisotopic (exact) mass is 643 g/mol. The predicted octanol–water partition coefficient (Wildman–Crippen LogP) is 4.91. The van der Waals surface area contributed by atoms with Crippen molar-refractivity contribution in [2.45, 2.75) is 37.0 Å². The molecule has 1 amide bonds. The molecule has 4 aromatic rings. The van der Waals surface area contributed by atoms with E-state index in [1.54, 1.807) is 11.0 Å². The van der Waals surface area contributed by atoms with Gasteiger partial charge in [0.05, 0.1) is 10.9 Å². The number of aromatic hydroxyl groups is 1. The minimum Gasteiger partial charge on any atom is -0.508 e. The number of amides is 1. The van der Waals surface area contributed by atoms with E-state index in [9.17, 15) is 14.3 Å². The fourth-order valence-corrected chi connectivity index (χ4v) is 7.41. The third-order valence-electron chi connectivity index (χ3n) is 9.54. The Bertz CT molecular complexity index is 1950. The number of hydrogen-bond donors (Lipinski definition) is 1. The number of rotatable bonds is 7. The van der Waals surface area contributed by atoms with Crippen molar-refractivity contribution < 1.29 is 27.8 Å². The van der Waals surface area contributed by atoms with Gasteiger partial charge in [-0.05, 0) is 55.1 Å². The van der Waals surface area contributed by atoms with Crippen molar-refractivity contribution in [1.82, 2.24) is 24.8 Å². The lowest BCUT2D eigenvalue weighted by atomic mass is 9.95. The van der Waals surface area contributed by atoms with Crippen LogP contribution in [0.4, 0.5) is 19.0 Å². The van der Waals surface area contributed by atoms with Gasteiger partial charge < -0.3 is 24.5 Å². The number of pyridine rings is 1. The summed E-state index contributed by atoms with van der Waals surface area (Å²) in [6, 6.07) is 7.71. The Balaban J connectivity index is 1.34. The van der Waals surface area contributed by atoms with Crippen molar-refractivity contribution in [3.8, 4) is 23.0 Å². The molecule has 3 fully saturated rings. The number of halogens is 3. The largest absolute Gasteiger partial charge is 0.508 e. The first-order chi connectivity index (χ1) is 22.7. The second-order valence-corrected chi connectivity index (χ2v) is 12.4. The van der Waals surface area contributed by atoms with Crippen LogP contribution in [0.3, 0.4) is 0 Å². The molecule has 1 N–H and O–H groups in total. The van der Waals surface area contributed by atoms with Crippen molar-refractivity contribution in [3.05, 3.63) is 72.1 Å². The number of carbonyl (C=O) groups is 1. The molecule has 2 aromatic carbocycles. The van der Waals surface area contributed by atoms with E-state index in [4.69, 9.17) is 16.3 Å². The summed E-state index contributed by atoms with van der Waals surface area (Å²) in [5.41, 5.74) is -0.581. The molecule has 5 heterocycles. The summed E-state index contributed by atoms with van der Waals surface area (Å²) >= 11 is 0. The molecule has 0 radical (unpaired) electrons. The lowest BCUT2D eigenvalue weighted by Crippen LogP contribution is -2.56. The first-order valence-corrected chi connectivity index (χ1v) is 15.5. The van der Waals surface area contributed by atoms with Gasteiger partial charge in [-0.15, -0.1) is 0 Å². The van der Waals surface area contributed by atoms with Crippen LogP contribution in [0.15, 0.2) is 49.1 Å². The van der Waals surface area contributed by atoms with Gasteiger partial charge in [0.1, 0.15) is 47.7 Å². The summed E-state index contributed by atoms with van der Waals surface area (Å²) in [6.45, 7) is 13.2. The third kappa shape index (κ3) is 5.46. The Morgan fingerprint density at radius 3 is 2.81 bits per heavy atom. The zero-order valence-electron chi connectivity index (χ0n) is 25.5. The van der Waals surface area contributed by atoms with Crippen molar-refractivity contribution >= 4 is 33.5 Å². The molecule has 3 aliphatic rings. The Morgan fingerprint density at radius 1 is 1.15 bits per heavy atom. The summed E-state index contributed by atoms with van der Waals surface area (Å²) in [4.78, 5) is 35.4. The Kier molecular flexibility index (Phi) is 7.83. The predicted molar refractivity (Wildman–Crippen MR) is 170 cm³/mol. The van der Waals surface area contributed by atoms with Gasteiger partial charge in [0, 0.05) is 43.5 Å². The van der Waals surface area contributed by atoms with Gasteiger partial charge in [-0.3, -0.25) is 9.69 Å². The van der Waals surface area contributed by atoms with Gasteiger partial charge in [0.25, 0.3) is 0 Å². The third-order valence-corrected chi connectivity index (χ3v) is 9.54. The molecule has 0 spiro atoms. The number of fused-ring (bicyclic) bond motifs is 3. The van der Waals surface area contributed by atoms with E-state index in [0.717, 1.165) is 19.4 Å². The summed E-state index contributed by atoms with van der Waals surface area (Å²) in [5.74, 6) is -1.57. The normalized spacial score (nSPS) is 22.9. The van der Waals surface area contributed by atoms with Gasteiger partial charge in [0.15, 0.2) is 5.65 Å². The highest BCUT2D eigenvalue weighted by Gasteiger charge is 2.49. The lowest BCUT2D eigenvalue weighted by molar-refractivity contribution is -0.128. The van der Waals surface area contributed by atoms with Crippen LogP contribution in [0.2, 0.25) is 0 Å². The summed E-state index contributed by atoms with van der Waals surface area (Å²) in [5, 5.41) is 11.1. The number of anilines is 1. The van der Waals surface area contributed by atoms with Crippen LogP contribution in [-0.2, 0) is 4.79 Å². The Morgan fingerprint density at radius 2 is 2.00 bits per heavy atom. The molecule has 3 atom stereocenters. The van der Waals surface area contributed by atoms with Crippen LogP contribution < -0.4 is 9.64 Å². The Labute approximate surface area is 268 Å². The van der Waals surface area contributed by atoms with Crippen molar-refractivity contribution in [2.75, 3.05) is 50.8 Å². The molecule has 0 unspecified atom stereocenters. The maximum Gasteiger partial charge on any atom is 0.320 e. The minimum atomic E-state index is -0.953. The maximum atomic E-state index is 16.1. The highest BCUT2D eigenvalue weighted by Crippen LogP contribution is 2.41. The molecule has 0 bridgehead atoms. The number of hydrogen-bond acceptors (Lipinski definition) is 8. The minimum absolute atomic E-state index is 0.0398. The molecule has 13 heteroatoms. The number of phenols is 1. The van der Waals surface area contributed by atoms with E-state index in [0.29, 0.717) is 30.7 Å². The SMILES string of the molecule is [C-]#[N+]C[C@H]1CN(c2nc(OC[C@@]34CCCN3C[C@H](F)C4)nc3nc(-c4cc(O)cc5cccc(F)c45)c(F)cc23)CCN1C(=O)C=C. The van der Waals surface area contributed by atoms with Gasteiger partial charge in [-0.25, -0.2) is 24.7 Å². The zero-order chi connectivity index (χ0) is 32.9. The molecular weight excluding hydrogens is 611 g/mol. The first-order valence-electron chi connectivity index (χ1n) is 15.5. The molecule has 7 rings (SSSR count). The zero-order valence-corrected chi connectivity index (χ0v) is 25.5. The summed E-state index contributed by atoms with van der Waals surface area (Å²) in [7, 11) is 0. The number of benzene rings is 2. The van der Waals surface area contributed by atoms with E-state index in [1.807, 2.05) is 4.90 Å². The van der Waals surface area contributed by atoms with Crippen LogP contribution in [0.25, 0.3) is 37.9 Å². The smallest absolute Gasteiger partial charge is 0.320 e. The average molecular weight is 644 g/mol. The maximum absolute atomic E-state index is 16.1. The molecule has 0 saturated carbocycles. The summed E-state index contributed by atoms with van der Waals surface area (Å²) < 4.78 is 51.9. The molecule has 47 heavy (non-hydrogen) atoms. The van der Waals surface area contributed by atoms with Gasteiger partial charge >= 0.3 is 6.01 Å². The number of aromatic nitrogens is 3. The van der Waals surface area contributed by atoms with Gasteiger partial charge in [-0.1, -0.05) is 18.7 Å². The number of piperazine rings is 1. The quantitative estimate of drug-likeness (QED) is 0.224. The van der Waals surface area contributed by atoms with Crippen LogP contribution in [0.1, 0.15) is 19.3 Å². The van der Waals surface area contributed by atoms with E-state index in [2.05, 4.69) is 26.3 Å². The molecule has 0 aliphatic carbocycles. The van der Waals surface area contributed by atoms with Crippen molar-refractivity contribution in [3.63, 3.8) is 0 Å². The van der Waals surface area contributed by atoms with Crippen molar-refractivity contribution in [1.29, 1.82) is 0 Å². The lowest BCUT2D eigenvalue weighted by Gasteiger charge is -2.39. The number of carbonyl (C=O) groups excluding carboxylic acids is 1. The molecular formula is C34H32F3N7O3. The second kappa shape index (κ2) is 12.0. The Hall–Kier alpha value is -4.96. The van der Waals surface area contributed by atoms with E-state index < -0.39 is 29.4 Å². The number of ether oxygens (including phenoxy) is 1. The topological polar surface area (TPSA) is 99.3 Å². The van der Waals surface area contributed by atoms with E-state index in [1.165, 1.54) is 36.4 Å². The fourth-order valence-electron chi connectivity index (χ4n) is 7.41. The van der Waals surface area contributed by atoms with Crippen molar-refractivity contribution in [2.24, 2.45) is 0 Å². The summed E-state index contributed by atoms with van der Waals surface area (Å²) in [6.07, 6.45) is 2.30. The highest BCUT2D eigenvalue weighted by atomic mass is 19.1. The van der Waals surface area contributed by atoms with Crippen LogP contribution in [0, 0.1) is 18.2 Å². The van der Waals surface area contributed by atoms with Gasteiger partial charge in [0.2, 0.25) is 12.5 Å². The number of phenolic OH excluding ortho intramolecular Hbond substituents is 1. The standard InChI is InChI=1S/C34H32F3N7O3/c1-3-28(46)44-11-10-42(18-22(44)16-38-2)32-25-14-27(37)30(24-13-23(45)12-20-6-4-7-26(36)29(20)24)39-31(25)40-33(41-32)47-19-34-8-5-9-43(34)17-21(35)15-34/h3-4,6-7,12-14,21-22,45H,1,5,8-11,15-19H2/t21-,22+,34+/m1/s1. The van der Waals surface area contributed by atoms with Gasteiger partial charge in [-0.2, -0.15) is 9.97 Å². The highest BCUT2D eigenvalue weighted by molar-refractivity contribution is 5.99. The number of alkyl halides is 1. The second-order valence-electron chi connectivity index (χ2n) is 12.4. The molecule has 3 saturated heterocycles. The van der Waals surface area contributed by atoms with Crippen LogP contribution in [-0.4, -0.2) is 99.4 Å². The fraction of sp³-hybridized carbons (Fsp3) is 0.382. The van der Waals surface area contributed by atoms with E-state index >= 15 is 8.78 Å². The van der Waals surface area contributed by atoms with Crippen LogP contribution in [0.5, 0.6) is 11.8 Å².